The lowest BCUT2D eigenvalue weighted by Crippen LogP contribution is -2.52. The smallest absolute Gasteiger partial charge is 0.0992 e. The highest BCUT2D eigenvalue weighted by atomic mass is 16.5. The molecule has 4 aliphatic rings. The molecule has 4 nitrogen and oxygen atoms in total. The SMILES string of the molecule is CCOC[C@@]1(O)CC[C@H]2[C@H](CC[C@@H]3[C@@H]2CC[C@]2(C)[C@@H]([C@H](CC)Nc4cccc(C#N)c4)CC[C@@H]32)C1. The Morgan fingerprint density at radius 1 is 1.09 bits per heavy atom. The third kappa shape index (κ3) is 4.64. The summed E-state index contributed by atoms with van der Waals surface area (Å²) in [4.78, 5) is 0. The molecule has 4 saturated carbocycles. The molecule has 0 aromatic heterocycles. The predicted molar refractivity (Wildman–Crippen MR) is 141 cm³/mol. The fraction of sp³-hybridized carbons (Fsp3) is 0.774. The van der Waals surface area contributed by atoms with Gasteiger partial charge in [0.1, 0.15) is 0 Å². The molecule has 4 aliphatic carbocycles. The van der Waals surface area contributed by atoms with Crippen molar-refractivity contribution in [3.63, 3.8) is 0 Å². The minimum Gasteiger partial charge on any atom is -0.387 e. The number of benzene rings is 1. The highest BCUT2D eigenvalue weighted by Gasteiger charge is 2.58. The Hall–Kier alpha value is -1.57. The molecule has 5 rings (SSSR count). The molecule has 9 atom stereocenters. The molecule has 4 heteroatoms. The Balaban J connectivity index is 1.28. The maximum Gasteiger partial charge on any atom is 0.0992 e. The van der Waals surface area contributed by atoms with E-state index in [9.17, 15) is 10.4 Å². The van der Waals surface area contributed by atoms with Gasteiger partial charge in [-0.05, 0) is 130 Å². The van der Waals surface area contributed by atoms with Crippen LogP contribution < -0.4 is 5.32 Å². The van der Waals surface area contributed by atoms with Crippen molar-refractivity contribution in [1.29, 1.82) is 5.26 Å². The van der Waals surface area contributed by atoms with Crippen LogP contribution >= 0.6 is 0 Å². The topological polar surface area (TPSA) is 65.3 Å². The normalized spacial score (nSPS) is 41.2. The van der Waals surface area contributed by atoms with Gasteiger partial charge in [-0.3, -0.25) is 0 Å². The van der Waals surface area contributed by atoms with Crippen LogP contribution in [0.5, 0.6) is 0 Å². The molecule has 0 spiro atoms. The van der Waals surface area contributed by atoms with Gasteiger partial charge in [-0.2, -0.15) is 5.26 Å². The quantitative estimate of drug-likeness (QED) is 0.453. The predicted octanol–water partition coefficient (Wildman–Crippen LogP) is 6.79. The first-order valence-electron chi connectivity index (χ1n) is 14.5. The number of fused-ring (bicyclic) bond motifs is 5. The molecule has 2 N–H and O–H groups in total. The van der Waals surface area contributed by atoms with Gasteiger partial charge in [0, 0.05) is 18.3 Å². The Kier molecular flexibility index (Phi) is 7.21. The number of aliphatic hydroxyl groups is 1. The molecule has 0 amide bonds. The fourth-order valence-electron chi connectivity index (χ4n) is 9.47. The van der Waals surface area contributed by atoms with Crippen molar-refractivity contribution in [3.8, 4) is 6.07 Å². The van der Waals surface area contributed by atoms with Crippen LogP contribution in [-0.4, -0.2) is 30.0 Å². The van der Waals surface area contributed by atoms with E-state index >= 15 is 0 Å². The van der Waals surface area contributed by atoms with Crippen LogP contribution in [0.25, 0.3) is 0 Å². The van der Waals surface area contributed by atoms with Gasteiger partial charge in [-0.25, -0.2) is 0 Å². The summed E-state index contributed by atoms with van der Waals surface area (Å²) in [6.45, 7) is 8.18. The van der Waals surface area contributed by atoms with Crippen molar-refractivity contribution in [2.24, 2.45) is 40.9 Å². The summed E-state index contributed by atoms with van der Waals surface area (Å²) in [5.41, 5.74) is 1.66. The number of ether oxygens (including phenoxy) is 1. The zero-order valence-corrected chi connectivity index (χ0v) is 22.1. The summed E-state index contributed by atoms with van der Waals surface area (Å²) in [5, 5.41) is 24.3. The van der Waals surface area contributed by atoms with Gasteiger partial charge in [0.05, 0.1) is 23.8 Å². The molecule has 1 aromatic carbocycles. The summed E-state index contributed by atoms with van der Waals surface area (Å²) >= 11 is 0. The van der Waals surface area contributed by atoms with Crippen LogP contribution in [0.2, 0.25) is 0 Å². The van der Waals surface area contributed by atoms with Crippen molar-refractivity contribution in [2.45, 2.75) is 96.6 Å². The molecule has 1 aromatic rings. The molecule has 0 heterocycles. The highest BCUT2D eigenvalue weighted by Crippen LogP contribution is 2.65. The number of rotatable bonds is 7. The Bertz CT molecular complexity index is 927. The minimum absolute atomic E-state index is 0.416. The summed E-state index contributed by atoms with van der Waals surface area (Å²) < 4.78 is 5.66. The van der Waals surface area contributed by atoms with E-state index in [0.717, 1.165) is 54.2 Å². The Morgan fingerprint density at radius 2 is 1.91 bits per heavy atom. The fourth-order valence-corrected chi connectivity index (χ4v) is 9.47. The van der Waals surface area contributed by atoms with Crippen molar-refractivity contribution in [3.05, 3.63) is 29.8 Å². The van der Waals surface area contributed by atoms with Crippen molar-refractivity contribution in [2.75, 3.05) is 18.5 Å². The zero-order chi connectivity index (χ0) is 24.6. The average Bonchev–Trinajstić information content (AvgIpc) is 3.23. The molecule has 0 aliphatic heterocycles. The molecule has 0 radical (unpaired) electrons. The van der Waals surface area contributed by atoms with Gasteiger partial charge in [0.25, 0.3) is 0 Å². The van der Waals surface area contributed by atoms with E-state index in [0.29, 0.717) is 36.5 Å². The van der Waals surface area contributed by atoms with Crippen LogP contribution in [0.15, 0.2) is 24.3 Å². The van der Waals surface area contributed by atoms with Gasteiger partial charge in [-0.15, -0.1) is 0 Å². The van der Waals surface area contributed by atoms with Crippen LogP contribution in [0, 0.1) is 52.3 Å². The van der Waals surface area contributed by atoms with Crippen LogP contribution in [0.4, 0.5) is 5.69 Å². The third-order valence-electron chi connectivity index (χ3n) is 11.0. The molecular formula is C31H46N2O2. The van der Waals surface area contributed by atoms with E-state index in [-0.39, 0.29) is 0 Å². The van der Waals surface area contributed by atoms with Gasteiger partial charge in [0.2, 0.25) is 0 Å². The number of nitriles is 1. The standard InChI is InChI=1S/C31H46N2O2/c1-4-29(33-23-8-6-7-21(17-23)19-32)28-12-11-27-26-10-9-22-18-31(34,20-35-5-2)16-14-24(22)25(26)13-15-30(27,28)3/h6-8,17,22,24-29,33-34H,4-5,9-16,18,20H2,1-3H3/t22-,24+,25-,26-,27+,28-,29+,30+,31-/m1/s1. The van der Waals surface area contributed by atoms with Gasteiger partial charge in [0.15, 0.2) is 0 Å². The van der Waals surface area contributed by atoms with E-state index < -0.39 is 5.60 Å². The van der Waals surface area contributed by atoms with Gasteiger partial charge in [-0.1, -0.05) is 19.9 Å². The summed E-state index contributed by atoms with van der Waals surface area (Å²) in [7, 11) is 0. The number of nitrogens with one attached hydrogen (secondary N) is 1. The Labute approximate surface area is 212 Å². The van der Waals surface area contributed by atoms with E-state index in [1.54, 1.807) is 0 Å². The van der Waals surface area contributed by atoms with E-state index in [1.165, 1.54) is 44.9 Å². The average molecular weight is 479 g/mol. The second kappa shape index (κ2) is 10.1. The number of hydrogen-bond acceptors (Lipinski definition) is 4. The molecule has 0 saturated heterocycles. The lowest BCUT2D eigenvalue weighted by Gasteiger charge is -2.57. The van der Waals surface area contributed by atoms with E-state index in [4.69, 9.17) is 4.74 Å². The van der Waals surface area contributed by atoms with Crippen LogP contribution in [0.3, 0.4) is 0 Å². The molecule has 0 unspecified atom stereocenters. The largest absolute Gasteiger partial charge is 0.387 e. The molecule has 192 valence electrons. The lowest BCUT2D eigenvalue weighted by molar-refractivity contribution is -0.128. The number of anilines is 1. The number of hydrogen-bond donors (Lipinski definition) is 2. The van der Waals surface area contributed by atoms with Crippen molar-refractivity contribution >= 4 is 5.69 Å². The number of nitrogens with zero attached hydrogens (tertiary/aromatic N) is 1. The maximum atomic E-state index is 11.2. The lowest BCUT2D eigenvalue weighted by atomic mass is 9.48. The Morgan fingerprint density at radius 3 is 2.69 bits per heavy atom. The molecule has 35 heavy (non-hydrogen) atoms. The first-order chi connectivity index (χ1) is 16.9. The maximum absolute atomic E-state index is 11.2. The summed E-state index contributed by atoms with van der Waals surface area (Å²) in [6, 6.07) is 10.8. The second-order valence-electron chi connectivity index (χ2n) is 12.6. The highest BCUT2D eigenvalue weighted by molar-refractivity contribution is 5.50. The van der Waals surface area contributed by atoms with Crippen molar-refractivity contribution < 1.29 is 9.84 Å². The summed E-state index contributed by atoms with van der Waals surface area (Å²) in [6.07, 6.45) is 12.3. The molecule has 4 fully saturated rings. The van der Waals surface area contributed by atoms with Gasteiger partial charge < -0.3 is 15.2 Å². The van der Waals surface area contributed by atoms with Crippen LogP contribution in [0.1, 0.15) is 90.5 Å². The summed E-state index contributed by atoms with van der Waals surface area (Å²) in [5.74, 6) is 4.78. The zero-order valence-electron chi connectivity index (χ0n) is 22.1. The van der Waals surface area contributed by atoms with Crippen molar-refractivity contribution in [1.82, 2.24) is 0 Å². The van der Waals surface area contributed by atoms with Crippen LogP contribution in [-0.2, 0) is 4.74 Å². The minimum atomic E-state index is -0.589. The first kappa shape index (κ1) is 25.1. The molecular weight excluding hydrogens is 432 g/mol. The monoisotopic (exact) mass is 478 g/mol. The van der Waals surface area contributed by atoms with E-state index in [2.05, 4.69) is 31.3 Å². The first-order valence-corrected chi connectivity index (χ1v) is 14.5. The van der Waals surface area contributed by atoms with E-state index in [1.807, 2.05) is 25.1 Å². The molecule has 0 bridgehead atoms. The third-order valence-corrected chi connectivity index (χ3v) is 11.0. The van der Waals surface area contributed by atoms with Gasteiger partial charge >= 0.3 is 0 Å². The second-order valence-corrected chi connectivity index (χ2v) is 12.6.